The van der Waals surface area contributed by atoms with Gasteiger partial charge in [-0.3, -0.25) is 9.59 Å². The molecule has 7 nitrogen and oxygen atoms in total. The summed E-state index contributed by atoms with van der Waals surface area (Å²) in [6, 6.07) is 9.99. The number of aromatic nitrogens is 1. The number of primary amides is 1. The summed E-state index contributed by atoms with van der Waals surface area (Å²) in [7, 11) is 0. The van der Waals surface area contributed by atoms with Crippen molar-refractivity contribution in [3.05, 3.63) is 75.8 Å². The molecule has 1 saturated heterocycles. The van der Waals surface area contributed by atoms with Gasteiger partial charge in [-0.05, 0) is 36.4 Å². The maximum atomic E-state index is 13.4. The van der Waals surface area contributed by atoms with Gasteiger partial charge in [0, 0.05) is 47.4 Å². The lowest BCUT2D eigenvalue weighted by molar-refractivity contribution is -0.273. The molecule has 156 valence electrons. The number of hydrogen-bond donors (Lipinski definition) is 3. The van der Waals surface area contributed by atoms with E-state index in [1.54, 1.807) is 22.4 Å². The SMILES string of the molecule is NC(=O)c1cn(-c2ccc(F)cc2)c2ccc(C(O)(O)N3CCSCC3)cc2c1=O. The molecule has 0 atom stereocenters. The van der Waals surface area contributed by atoms with Gasteiger partial charge in [0.15, 0.2) is 0 Å². The molecule has 0 saturated carbocycles. The first-order valence-corrected chi connectivity index (χ1v) is 10.5. The molecule has 0 spiro atoms. The number of halogens is 1. The van der Waals surface area contributed by atoms with Crippen molar-refractivity contribution >= 4 is 28.6 Å². The van der Waals surface area contributed by atoms with Gasteiger partial charge in [-0.2, -0.15) is 11.8 Å². The number of hydrogen-bond acceptors (Lipinski definition) is 6. The molecule has 2 heterocycles. The molecule has 1 aromatic heterocycles. The Balaban J connectivity index is 1.93. The highest BCUT2D eigenvalue weighted by Crippen LogP contribution is 2.28. The molecular weight excluding hydrogens is 409 g/mol. The summed E-state index contributed by atoms with van der Waals surface area (Å²) < 4.78 is 14.9. The summed E-state index contributed by atoms with van der Waals surface area (Å²) in [6.07, 6.45) is 1.31. The molecule has 1 amide bonds. The number of pyridine rings is 1. The van der Waals surface area contributed by atoms with Crippen molar-refractivity contribution in [3.63, 3.8) is 0 Å². The summed E-state index contributed by atoms with van der Waals surface area (Å²) in [5.41, 5.74) is 5.59. The Morgan fingerprint density at radius 2 is 1.77 bits per heavy atom. The van der Waals surface area contributed by atoms with E-state index in [1.165, 1.54) is 47.5 Å². The van der Waals surface area contributed by atoms with Gasteiger partial charge in [-0.1, -0.05) is 6.07 Å². The van der Waals surface area contributed by atoms with Gasteiger partial charge in [0.05, 0.1) is 5.52 Å². The van der Waals surface area contributed by atoms with Gasteiger partial charge >= 0.3 is 0 Å². The number of nitrogens with zero attached hydrogens (tertiary/aromatic N) is 2. The largest absolute Gasteiger partial charge is 0.365 e. The molecule has 4 rings (SSSR count). The minimum absolute atomic E-state index is 0.104. The maximum absolute atomic E-state index is 13.4. The molecule has 1 aliphatic heterocycles. The topological polar surface area (TPSA) is 109 Å². The highest BCUT2D eigenvalue weighted by molar-refractivity contribution is 7.99. The molecular formula is C21H20FN3O4S. The molecule has 0 bridgehead atoms. The second-order valence-electron chi connectivity index (χ2n) is 7.05. The third-order valence-corrected chi connectivity index (χ3v) is 6.16. The Morgan fingerprint density at radius 1 is 1.10 bits per heavy atom. The third-order valence-electron chi connectivity index (χ3n) is 5.21. The van der Waals surface area contributed by atoms with Crippen LogP contribution in [0, 0.1) is 5.82 Å². The Bertz CT molecular complexity index is 1170. The molecule has 1 fully saturated rings. The molecule has 1 aliphatic rings. The van der Waals surface area contributed by atoms with Crippen LogP contribution in [0.4, 0.5) is 4.39 Å². The fourth-order valence-corrected chi connectivity index (χ4v) is 4.49. The molecule has 30 heavy (non-hydrogen) atoms. The lowest BCUT2D eigenvalue weighted by atomic mass is 10.0. The zero-order valence-electron chi connectivity index (χ0n) is 15.9. The van der Waals surface area contributed by atoms with Crippen molar-refractivity contribution in [1.29, 1.82) is 0 Å². The normalized spacial score (nSPS) is 15.4. The van der Waals surface area contributed by atoms with Crippen molar-refractivity contribution in [3.8, 4) is 5.69 Å². The van der Waals surface area contributed by atoms with Crippen LogP contribution in [0.5, 0.6) is 0 Å². The summed E-state index contributed by atoms with van der Waals surface area (Å²) in [5, 5.41) is 21.7. The van der Waals surface area contributed by atoms with E-state index >= 15 is 0 Å². The Kier molecular flexibility index (Phi) is 5.37. The van der Waals surface area contributed by atoms with E-state index in [-0.39, 0.29) is 16.5 Å². The quantitative estimate of drug-likeness (QED) is 0.541. The smallest absolute Gasteiger partial charge is 0.254 e. The van der Waals surface area contributed by atoms with E-state index in [0.717, 1.165) is 11.5 Å². The number of benzene rings is 2. The number of carbonyl (C=O) groups excluding carboxylic acids is 1. The lowest BCUT2D eigenvalue weighted by Crippen LogP contribution is -2.50. The third kappa shape index (κ3) is 3.61. The van der Waals surface area contributed by atoms with E-state index < -0.39 is 23.1 Å². The van der Waals surface area contributed by atoms with Gasteiger partial charge in [0.25, 0.3) is 11.8 Å². The van der Waals surface area contributed by atoms with Crippen molar-refractivity contribution in [2.24, 2.45) is 5.73 Å². The van der Waals surface area contributed by atoms with E-state index in [0.29, 0.717) is 24.3 Å². The molecule has 3 aromatic rings. The lowest BCUT2D eigenvalue weighted by Gasteiger charge is -2.37. The number of carbonyl (C=O) groups is 1. The number of aliphatic hydroxyl groups is 2. The van der Waals surface area contributed by atoms with E-state index in [9.17, 15) is 24.2 Å². The molecule has 4 N–H and O–H groups in total. The summed E-state index contributed by atoms with van der Waals surface area (Å²) in [4.78, 5) is 26.3. The number of thioether (sulfide) groups is 1. The van der Waals surface area contributed by atoms with Gasteiger partial charge in [-0.25, -0.2) is 9.29 Å². The van der Waals surface area contributed by atoms with Crippen LogP contribution in [0.1, 0.15) is 15.9 Å². The van der Waals surface area contributed by atoms with Gasteiger partial charge in [0.1, 0.15) is 11.4 Å². The second kappa shape index (κ2) is 7.84. The van der Waals surface area contributed by atoms with E-state index in [4.69, 9.17) is 5.73 Å². The summed E-state index contributed by atoms with van der Waals surface area (Å²) in [6.45, 7) is 0.966. The summed E-state index contributed by atoms with van der Waals surface area (Å²) >= 11 is 1.73. The van der Waals surface area contributed by atoms with Crippen LogP contribution in [-0.2, 0) is 5.91 Å². The minimum atomic E-state index is -2.26. The van der Waals surface area contributed by atoms with Crippen LogP contribution in [-0.4, -0.2) is 50.2 Å². The van der Waals surface area contributed by atoms with Crippen molar-refractivity contribution in [1.82, 2.24) is 9.47 Å². The monoisotopic (exact) mass is 429 g/mol. The number of amides is 1. The first kappa shape index (κ1) is 20.5. The van der Waals surface area contributed by atoms with Crippen LogP contribution in [0.2, 0.25) is 0 Å². The van der Waals surface area contributed by atoms with Crippen LogP contribution < -0.4 is 11.2 Å². The Hall–Kier alpha value is -2.72. The molecule has 2 aromatic carbocycles. The van der Waals surface area contributed by atoms with Crippen LogP contribution in [0.25, 0.3) is 16.6 Å². The minimum Gasteiger partial charge on any atom is -0.365 e. The molecule has 0 radical (unpaired) electrons. The van der Waals surface area contributed by atoms with Crippen LogP contribution in [0.3, 0.4) is 0 Å². The highest BCUT2D eigenvalue weighted by Gasteiger charge is 2.35. The predicted octanol–water partition coefficient (Wildman–Crippen LogP) is 1.37. The van der Waals surface area contributed by atoms with E-state index in [1.807, 2.05) is 0 Å². The fourth-order valence-electron chi connectivity index (χ4n) is 3.59. The maximum Gasteiger partial charge on any atom is 0.254 e. The highest BCUT2D eigenvalue weighted by atomic mass is 32.2. The average Bonchev–Trinajstić information content (AvgIpc) is 2.75. The molecule has 0 unspecified atom stereocenters. The number of nitrogens with two attached hydrogens (primary N) is 1. The van der Waals surface area contributed by atoms with Gasteiger partial charge in [-0.15, -0.1) is 0 Å². The predicted molar refractivity (Wildman–Crippen MR) is 113 cm³/mol. The average molecular weight is 429 g/mol. The Morgan fingerprint density at radius 3 is 2.40 bits per heavy atom. The van der Waals surface area contributed by atoms with Crippen molar-refractivity contribution < 1.29 is 19.4 Å². The zero-order chi connectivity index (χ0) is 21.5. The van der Waals surface area contributed by atoms with Gasteiger partial charge in [0.2, 0.25) is 5.43 Å². The van der Waals surface area contributed by atoms with Crippen molar-refractivity contribution in [2.45, 2.75) is 5.91 Å². The van der Waals surface area contributed by atoms with Crippen molar-refractivity contribution in [2.75, 3.05) is 24.6 Å². The molecule has 9 heteroatoms. The second-order valence-corrected chi connectivity index (χ2v) is 8.27. The first-order valence-electron chi connectivity index (χ1n) is 9.32. The Labute approximate surface area is 175 Å². The summed E-state index contributed by atoms with van der Waals surface area (Å²) in [5.74, 6) is -2.06. The van der Waals surface area contributed by atoms with Crippen LogP contribution in [0.15, 0.2) is 53.5 Å². The standard InChI is InChI=1S/C21H20FN3O4S/c22-14-2-4-15(5-3-14)25-12-17(20(23)27)19(26)16-11-13(1-6-18(16)25)21(28,29)24-7-9-30-10-8-24/h1-6,11-12,28-29H,7-10H2,(H2,23,27). The fraction of sp³-hybridized carbons (Fsp3) is 0.238. The van der Waals surface area contributed by atoms with Crippen LogP contribution >= 0.6 is 11.8 Å². The molecule has 0 aliphatic carbocycles. The number of fused-ring (bicyclic) bond motifs is 1. The first-order chi connectivity index (χ1) is 14.3. The zero-order valence-corrected chi connectivity index (χ0v) is 16.7. The van der Waals surface area contributed by atoms with E-state index in [2.05, 4.69) is 0 Å². The number of rotatable bonds is 4. The van der Waals surface area contributed by atoms with Gasteiger partial charge < -0.3 is 20.5 Å².